The van der Waals surface area contributed by atoms with Crippen molar-refractivity contribution < 1.29 is 5.11 Å². The number of nitrogens with zero attached hydrogens (tertiary/aromatic N) is 1. The first kappa shape index (κ1) is 10.7. The number of benzene rings is 1. The molecule has 1 fully saturated rings. The summed E-state index contributed by atoms with van der Waals surface area (Å²) in [5, 5.41) is 11.8. The topological polar surface area (TPSA) is 33.1 Å². The second kappa shape index (κ2) is 3.81. The number of aromatic nitrogens is 1. The summed E-state index contributed by atoms with van der Waals surface area (Å²) in [6.07, 6.45) is 4.94. The van der Waals surface area contributed by atoms with Gasteiger partial charge in [0.1, 0.15) is 0 Å². The molecule has 3 rings (SSSR count). The average Bonchev–Trinajstić information content (AvgIpc) is 3.01. The quantitative estimate of drug-likeness (QED) is 0.873. The molecule has 2 aromatic rings. The van der Waals surface area contributed by atoms with E-state index in [4.69, 9.17) is 0 Å². The lowest BCUT2D eigenvalue weighted by Gasteiger charge is -2.13. The van der Waals surface area contributed by atoms with Crippen molar-refractivity contribution in [3.63, 3.8) is 0 Å². The van der Waals surface area contributed by atoms with E-state index in [1.807, 2.05) is 24.3 Å². The van der Waals surface area contributed by atoms with E-state index in [-0.39, 0.29) is 0 Å². The van der Waals surface area contributed by atoms with Crippen LogP contribution < -0.4 is 0 Å². The minimum Gasteiger partial charge on any atom is -0.385 e. The summed E-state index contributed by atoms with van der Waals surface area (Å²) in [4.78, 5) is 4.34. The SMILES string of the molecule is CCCC1CC1(O)c1ccnc2ccccc12. The zero-order valence-corrected chi connectivity index (χ0v) is 10.1. The Morgan fingerprint density at radius 1 is 1.35 bits per heavy atom. The Bertz CT molecular complexity index is 546. The highest BCUT2D eigenvalue weighted by atomic mass is 16.3. The summed E-state index contributed by atoms with van der Waals surface area (Å²) < 4.78 is 0. The van der Waals surface area contributed by atoms with Gasteiger partial charge in [0.05, 0.1) is 11.1 Å². The van der Waals surface area contributed by atoms with Crippen molar-refractivity contribution in [2.24, 2.45) is 5.92 Å². The molecule has 1 aliphatic carbocycles. The van der Waals surface area contributed by atoms with Gasteiger partial charge in [-0.1, -0.05) is 31.5 Å². The third-order valence-corrected chi connectivity index (χ3v) is 3.83. The molecule has 17 heavy (non-hydrogen) atoms. The Morgan fingerprint density at radius 3 is 3.00 bits per heavy atom. The lowest BCUT2D eigenvalue weighted by atomic mass is 9.99. The maximum atomic E-state index is 10.7. The van der Waals surface area contributed by atoms with E-state index < -0.39 is 5.60 Å². The molecule has 0 bridgehead atoms. The molecule has 0 radical (unpaired) electrons. The van der Waals surface area contributed by atoms with Crippen LogP contribution in [0.4, 0.5) is 0 Å². The molecule has 2 unspecified atom stereocenters. The Hall–Kier alpha value is -1.41. The van der Waals surface area contributed by atoms with Crippen LogP contribution in [-0.2, 0) is 5.60 Å². The van der Waals surface area contributed by atoms with Gasteiger partial charge in [-0.15, -0.1) is 0 Å². The van der Waals surface area contributed by atoms with Crippen molar-refractivity contribution in [1.82, 2.24) is 4.98 Å². The Balaban J connectivity index is 2.07. The number of hydrogen-bond acceptors (Lipinski definition) is 2. The first-order valence-corrected chi connectivity index (χ1v) is 6.32. The molecular weight excluding hydrogens is 210 g/mol. The molecular formula is C15H17NO. The minimum absolute atomic E-state index is 0.429. The van der Waals surface area contributed by atoms with Gasteiger partial charge in [-0.2, -0.15) is 0 Å². The molecule has 2 heteroatoms. The number of pyridine rings is 1. The van der Waals surface area contributed by atoms with Crippen LogP contribution in [0.15, 0.2) is 36.5 Å². The average molecular weight is 227 g/mol. The van der Waals surface area contributed by atoms with E-state index in [9.17, 15) is 5.11 Å². The summed E-state index contributed by atoms with van der Waals surface area (Å²) in [5.41, 5.74) is 1.43. The largest absolute Gasteiger partial charge is 0.385 e. The minimum atomic E-state index is -0.599. The van der Waals surface area contributed by atoms with Gasteiger partial charge < -0.3 is 5.11 Å². The zero-order valence-electron chi connectivity index (χ0n) is 10.1. The van der Waals surface area contributed by atoms with Crippen molar-refractivity contribution in [1.29, 1.82) is 0 Å². The van der Waals surface area contributed by atoms with Crippen LogP contribution in [0.2, 0.25) is 0 Å². The second-order valence-electron chi connectivity index (χ2n) is 4.99. The van der Waals surface area contributed by atoms with Crippen LogP contribution >= 0.6 is 0 Å². The monoisotopic (exact) mass is 227 g/mol. The van der Waals surface area contributed by atoms with E-state index in [2.05, 4.69) is 18.0 Å². The van der Waals surface area contributed by atoms with Gasteiger partial charge in [-0.25, -0.2) is 0 Å². The Morgan fingerprint density at radius 2 is 2.18 bits per heavy atom. The van der Waals surface area contributed by atoms with Crippen LogP contribution in [0.3, 0.4) is 0 Å². The molecule has 1 aromatic carbocycles. The maximum absolute atomic E-state index is 10.7. The highest BCUT2D eigenvalue weighted by Gasteiger charge is 2.53. The third-order valence-electron chi connectivity index (χ3n) is 3.83. The van der Waals surface area contributed by atoms with Gasteiger partial charge in [0.15, 0.2) is 0 Å². The van der Waals surface area contributed by atoms with E-state index in [1.165, 1.54) is 0 Å². The number of aliphatic hydroxyl groups is 1. The third kappa shape index (κ3) is 1.64. The summed E-state index contributed by atoms with van der Waals surface area (Å²) in [5.74, 6) is 0.429. The fourth-order valence-electron chi connectivity index (χ4n) is 2.81. The molecule has 1 N–H and O–H groups in total. The van der Waals surface area contributed by atoms with Crippen molar-refractivity contribution in [2.75, 3.05) is 0 Å². The van der Waals surface area contributed by atoms with E-state index in [0.29, 0.717) is 5.92 Å². The summed E-state index contributed by atoms with van der Waals surface area (Å²) in [6, 6.07) is 10.0. The van der Waals surface area contributed by atoms with Crippen molar-refractivity contribution in [3.05, 3.63) is 42.1 Å². The first-order valence-electron chi connectivity index (χ1n) is 6.32. The van der Waals surface area contributed by atoms with Gasteiger partial charge in [-0.3, -0.25) is 4.98 Å². The molecule has 0 amide bonds. The van der Waals surface area contributed by atoms with Gasteiger partial charge in [-0.05, 0) is 36.5 Å². The highest BCUT2D eigenvalue weighted by molar-refractivity contribution is 5.83. The van der Waals surface area contributed by atoms with Gasteiger partial charge >= 0.3 is 0 Å². The van der Waals surface area contributed by atoms with E-state index >= 15 is 0 Å². The normalized spacial score (nSPS) is 27.3. The van der Waals surface area contributed by atoms with Crippen LogP contribution in [0.1, 0.15) is 31.7 Å². The molecule has 1 aliphatic rings. The standard InChI is InChI=1S/C15H17NO/c1-2-5-11-10-15(11,17)13-8-9-16-14-7-4-3-6-12(13)14/h3-4,6-9,11,17H,2,5,10H2,1H3. The Kier molecular flexibility index (Phi) is 2.40. The number of hydrogen-bond donors (Lipinski definition) is 1. The van der Waals surface area contributed by atoms with Crippen LogP contribution in [0.5, 0.6) is 0 Å². The molecule has 0 spiro atoms. The molecule has 88 valence electrons. The fourth-order valence-corrected chi connectivity index (χ4v) is 2.81. The smallest absolute Gasteiger partial charge is 0.0936 e. The molecule has 2 nitrogen and oxygen atoms in total. The molecule has 2 atom stereocenters. The molecule has 1 heterocycles. The fraction of sp³-hybridized carbons (Fsp3) is 0.400. The van der Waals surface area contributed by atoms with E-state index in [0.717, 1.165) is 35.7 Å². The van der Waals surface area contributed by atoms with Gasteiger partial charge in [0.25, 0.3) is 0 Å². The predicted molar refractivity (Wildman–Crippen MR) is 68.7 cm³/mol. The van der Waals surface area contributed by atoms with Crippen LogP contribution in [0, 0.1) is 5.92 Å². The number of para-hydroxylation sites is 1. The van der Waals surface area contributed by atoms with Gasteiger partial charge in [0, 0.05) is 11.6 Å². The molecule has 1 aromatic heterocycles. The van der Waals surface area contributed by atoms with Crippen LogP contribution in [-0.4, -0.2) is 10.1 Å². The summed E-state index contributed by atoms with van der Waals surface area (Å²) in [7, 11) is 0. The van der Waals surface area contributed by atoms with Crippen molar-refractivity contribution in [2.45, 2.75) is 31.8 Å². The Labute approximate surface area is 101 Å². The molecule has 0 aliphatic heterocycles. The lowest BCUT2D eigenvalue weighted by Crippen LogP contribution is -2.09. The van der Waals surface area contributed by atoms with Crippen molar-refractivity contribution >= 4 is 10.9 Å². The van der Waals surface area contributed by atoms with Crippen molar-refractivity contribution in [3.8, 4) is 0 Å². The van der Waals surface area contributed by atoms with E-state index in [1.54, 1.807) is 6.20 Å². The number of fused-ring (bicyclic) bond motifs is 1. The second-order valence-corrected chi connectivity index (χ2v) is 4.99. The first-order chi connectivity index (χ1) is 8.25. The van der Waals surface area contributed by atoms with Crippen LogP contribution in [0.25, 0.3) is 10.9 Å². The maximum Gasteiger partial charge on any atom is 0.0936 e. The predicted octanol–water partition coefficient (Wildman–Crippen LogP) is 3.24. The zero-order chi connectivity index (χ0) is 11.9. The molecule has 1 saturated carbocycles. The highest BCUT2D eigenvalue weighted by Crippen LogP contribution is 2.55. The van der Waals surface area contributed by atoms with Gasteiger partial charge in [0.2, 0.25) is 0 Å². The number of rotatable bonds is 3. The lowest BCUT2D eigenvalue weighted by molar-refractivity contribution is 0.130. The summed E-state index contributed by atoms with van der Waals surface area (Å²) in [6.45, 7) is 2.17. The molecule has 0 saturated heterocycles. The summed E-state index contributed by atoms with van der Waals surface area (Å²) >= 11 is 0.